The molecule has 1 unspecified atom stereocenters. The fourth-order valence-corrected chi connectivity index (χ4v) is 2.38. The third kappa shape index (κ3) is 5.42. The van der Waals surface area contributed by atoms with E-state index in [2.05, 4.69) is 45.0 Å². The van der Waals surface area contributed by atoms with E-state index in [4.69, 9.17) is 0 Å². The number of likely N-dealkylation sites (N-methyl/N-ethyl adjacent to an activating group) is 1. The number of halogens is 1. The summed E-state index contributed by atoms with van der Waals surface area (Å²) in [6.45, 7) is 5.06. The predicted molar refractivity (Wildman–Crippen MR) is 84.0 cm³/mol. The van der Waals surface area contributed by atoms with Gasteiger partial charge in [0.15, 0.2) is 0 Å². The van der Waals surface area contributed by atoms with Crippen LogP contribution in [0.15, 0.2) is 16.7 Å². The maximum absolute atomic E-state index is 11.1. The van der Waals surface area contributed by atoms with Gasteiger partial charge in [0.1, 0.15) is 0 Å². The van der Waals surface area contributed by atoms with Crippen LogP contribution in [-0.4, -0.2) is 41.5 Å². The van der Waals surface area contributed by atoms with Gasteiger partial charge in [-0.25, -0.2) is 4.98 Å². The molecule has 0 saturated heterocycles. The Morgan fingerprint density at radius 1 is 1.50 bits per heavy atom. The number of hydrogen-bond donors (Lipinski definition) is 1. The molecule has 0 spiro atoms. The Morgan fingerprint density at radius 3 is 2.65 bits per heavy atom. The lowest BCUT2D eigenvalue weighted by atomic mass is 10.0. The van der Waals surface area contributed by atoms with Crippen molar-refractivity contribution in [1.29, 1.82) is 0 Å². The minimum Gasteiger partial charge on any atom is -0.360 e. The minimum absolute atomic E-state index is 0.00751. The molecule has 1 aromatic rings. The number of nitrogens with one attached hydrogen (secondary N) is 1. The van der Waals surface area contributed by atoms with Crippen LogP contribution < -0.4 is 5.32 Å². The summed E-state index contributed by atoms with van der Waals surface area (Å²) >= 11 is 3.21. The summed E-state index contributed by atoms with van der Waals surface area (Å²) in [6, 6.07) is 1.59. The second kappa shape index (κ2) is 7.54. The smallest absolute Gasteiger partial charge is 0.312 e. The molecule has 0 aliphatic rings. The van der Waals surface area contributed by atoms with Gasteiger partial charge in [-0.05, 0) is 42.4 Å². The molecule has 112 valence electrons. The van der Waals surface area contributed by atoms with Crippen molar-refractivity contribution in [2.75, 3.05) is 26.0 Å². The van der Waals surface area contributed by atoms with Crippen molar-refractivity contribution in [3.63, 3.8) is 0 Å². The molecular weight excluding hydrogens is 324 g/mol. The SMILES string of the molecule is CC(C)CC(CN(C)C)Nc1ncc(Br)cc1[N+](=O)[O-]. The van der Waals surface area contributed by atoms with Crippen molar-refractivity contribution in [2.24, 2.45) is 5.92 Å². The van der Waals surface area contributed by atoms with Crippen LogP contribution in [0.25, 0.3) is 0 Å². The lowest BCUT2D eigenvalue weighted by Gasteiger charge is -2.24. The van der Waals surface area contributed by atoms with Gasteiger partial charge in [-0.15, -0.1) is 0 Å². The number of rotatable bonds is 7. The third-order valence-electron chi connectivity index (χ3n) is 2.71. The average Bonchev–Trinajstić information content (AvgIpc) is 2.29. The van der Waals surface area contributed by atoms with Crippen molar-refractivity contribution < 1.29 is 4.92 Å². The van der Waals surface area contributed by atoms with Crippen LogP contribution in [0.4, 0.5) is 11.5 Å². The Kier molecular flexibility index (Phi) is 6.35. The van der Waals surface area contributed by atoms with Gasteiger partial charge in [-0.3, -0.25) is 10.1 Å². The van der Waals surface area contributed by atoms with Crippen molar-refractivity contribution in [1.82, 2.24) is 9.88 Å². The van der Waals surface area contributed by atoms with Gasteiger partial charge in [-0.1, -0.05) is 13.8 Å². The summed E-state index contributed by atoms with van der Waals surface area (Å²) in [5.74, 6) is 0.827. The summed E-state index contributed by atoms with van der Waals surface area (Å²) in [5, 5.41) is 14.3. The second-order valence-electron chi connectivity index (χ2n) is 5.51. The van der Waals surface area contributed by atoms with Crippen molar-refractivity contribution in [3.05, 3.63) is 26.9 Å². The largest absolute Gasteiger partial charge is 0.360 e. The van der Waals surface area contributed by atoms with E-state index in [0.717, 1.165) is 13.0 Å². The third-order valence-corrected chi connectivity index (χ3v) is 3.15. The first-order valence-corrected chi connectivity index (χ1v) is 7.30. The summed E-state index contributed by atoms with van der Waals surface area (Å²) in [7, 11) is 3.97. The molecule has 1 rings (SSSR count). The fraction of sp³-hybridized carbons (Fsp3) is 0.615. The number of nitrogens with zero attached hydrogens (tertiary/aromatic N) is 3. The van der Waals surface area contributed by atoms with Crippen LogP contribution in [0.3, 0.4) is 0 Å². The zero-order valence-electron chi connectivity index (χ0n) is 12.3. The van der Waals surface area contributed by atoms with E-state index in [0.29, 0.717) is 16.2 Å². The zero-order valence-corrected chi connectivity index (χ0v) is 13.8. The molecule has 1 N–H and O–H groups in total. The number of hydrogen-bond acceptors (Lipinski definition) is 5. The molecule has 0 amide bonds. The molecule has 6 nitrogen and oxygen atoms in total. The monoisotopic (exact) mass is 344 g/mol. The highest BCUT2D eigenvalue weighted by atomic mass is 79.9. The first-order valence-electron chi connectivity index (χ1n) is 6.50. The van der Waals surface area contributed by atoms with Gasteiger partial charge in [0.05, 0.1) is 4.92 Å². The van der Waals surface area contributed by atoms with Gasteiger partial charge >= 0.3 is 5.69 Å². The summed E-state index contributed by atoms with van der Waals surface area (Å²) in [4.78, 5) is 16.9. The Morgan fingerprint density at radius 2 is 2.15 bits per heavy atom. The molecule has 1 atom stereocenters. The standard InChI is InChI=1S/C13H21BrN4O2/c1-9(2)5-11(8-17(3)4)16-13-12(18(19)20)6-10(14)7-15-13/h6-7,9,11H,5,8H2,1-4H3,(H,15,16). The van der Waals surface area contributed by atoms with Crippen LogP contribution in [0.5, 0.6) is 0 Å². The van der Waals surface area contributed by atoms with E-state index in [1.165, 1.54) is 6.07 Å². The molecule has 0 fully saturated rings. The summed E-state index contributed by atoms with van der Waals surface area (Å²) < 4.78 is 0.600. The van der Waals surface area contributed by atoms with Gasteiger partial charge in [0.2, 0.25) is 5.82 Å². The van der Waals surface area contributed by atoms with Crippen molar-refractivity contribution >= 4 is 27.4 Å². The molecule has 0 aliphatic carbocycles. The van der Waals surface area contributed by atoms with E-state index < -0.39 is 4.92 Å². The van der Waals surface area contributed by atoms with Crippen LogP contribution in [0.2, 0.25) is 0 Å². The van der Waals surface area contributed by atoms with Crippen LogP contribution in [0, 0.1) is 16.0 Å². The van der Waals surface area contributed by atoms with Crippen molar-refractivity contribution in [2.45, 2.75) is 26.3 Å². The Balaban J connectivity index is 2.94. The number of nitro groups is 1. The lowest BCUT2D eigenvalue weighted by Crippen LogP contribution is -2.34. The molecule has 7 heteroatoms. The molecule has 0 bridgehead atoms. The molecule has 1 heterocycles. The molecule has 0 saturated carbocycles. The van der Waals surface area contributed by atoms with E-state index in [1.807, 2.05) is 14.1 Å². The molecular formula is C13H21BrN4O2. The fourth-order valence-electron chi connectivity index (χ4n) is 2.06. The normalized spacial score (nSPS) is 12.8. The summed E-state index contributed by atoms with van der Waals surface area (Å²) in [6.07, 6.45) is 2.49. The second-order valence-corrected chi connectivity index (χ2v) is 6.43. The Labute approximate surface area is 127 Å². The van der Waals surface area contributed by atoms with Crippen LogP contribution in [-0.2, 0) is 0 Å². The topological polar surface area (TPSA) is 71.3 Å². The van der Waals surface area contributed by atoms with Crippen LogP contribution in [0.1, 0.15) is 20.3 Å². The number of anilines is 1. The highest BCUT2D eigenvalue weighted by Crippen LogP contribution is 2.26. The zero-order chi connectivity index (χ0) is 15.3. The quantitative estimate of drug-likeness (QED) is 0.607. The Hall–Kier alpha value is -1.21. The van der Waals surface area contributed by atoms with E-state index >= 15 is 0 Å². The first kappa shape index (κ1) is 16.8. The van der Waals surface area contributed by atoms with Crippen LogP contribution >= 0.6 is 15.9 Å². The maximum atomic E-state index is 11.1. The Bertz CT molecular complexity index is 456. The van der Waals surface area contributed by atoms with E-state index in [-0.39, 0.29) is 11.7 Å². The summed E-state index contributed by atoms with van der Waals surface area (Å²) in [5.41, 5.74) is -0.00751. The van der Waals surface area contributed by atoms with E-state index in [9.17, 15) is 10.1 Å². The first-order chi connectivity index (χ1) is 9.29. The minimum atomic E-state index is -0.414. The van der Waals surface area contributed by atoms with E-state index in [1.54, 1.807) is 6.20 Å². The van der Waals surface area contributed by atoms with Crippen molar-refractivity contribution in [3.8, 4) is 0 Å². The van der Waals surface area contributed by atoms with Gasteiger partial charge in [0.25, 0.3) is 0 Å². The maximum Gasteiger partial charge on any atom is 0.312 e. The number of aromatic nitrogens is 1. The highest BCUT2D eigenvalue weighted by Gasteiger charge is 2.20. The van der Waals surface area contributed by atoms with Gasteiger partial charge < -0.3 is 10.2 Å². The highest BCUT2D eigenvalue weighted by molar-refractivity contribution is 9.10. The van der Waals surface area contributed by atoms with Gasteiger partial charge in [0, 0.05) is 29.3 Å². The van der Waals surface area contributed by atoms with Gasteiger partial charge in [-0.2, -0.15) is 0 Å². The molecule has 0 radical (unpaired) electrons. The molecule has 0 aromatic carbocycles. The average molecular weight is 345 g/mol. The lowest BCUT2D eigenvalue weighted by molar-refractivity contribution is -0.384. The molecule has 1 aromatic heterocycles. The molecule has 20 heavy (non-hydrogen) atoms. The predicted octanol–water partition coefficient (Wildman–Crippen LogP) is 3.14. The molecule has 0 aliphatic heterocycles. The number of pyridine rings is 1.